The zero-order chi connectivity index (χ0) is 32.4. The van der Waals surface area contributed by atoms with E-state index in [0.717, 1.165) is 29.9 Å². The largest absolute Gasteiger partial charge is 0.490 e. The highest BCUT2D eigenvalue weighted by atomic mass is 127. The molecule has 7 nitrogen and oxygen atoms in total. The highest BCUT2D eigenvalue weighted by Crippen LogP contribution is 2.38. The van der Waals surface area contributed by atoms with Gasteiger partial charge in [0.1, 0.15) is 12.2 Å². The number of fused-ring (bicyclic) bond motifs is 1. The number of aryl methyl sites for hydroxylation is 1. The molecule has 230 valence electrons. The molecule has 0 bridgehead atoms. The number of barbiturate groups is 1. The number of hydrogen-bond donors (Lipinski definition) is 0. The van der Waals surface area contributed by atoms with Crippen LogP contribution in [-0.4, -0.2) is 24.5 Å². The molecule has 0 spiro atoms. The second-order valence-corrected chi connectivity index (χ2v) is 12.2. The zero-order valence-corrected chi connectivity index (χ0v) is 27.9. The number of hydrogen-bond acceptors (Lipinski definition) is 5. The van der Waals surface area contributed by atoms with Gasteiger partial charge in [0.05, 0.1) is 21.6 Å². The Labute approximate surface area is 285 Å². The molecule has 0 aliphatic carbocycles. The predicted molar refractivity (Wildman–Crippen MR) is 190 cm³/mol. The molecule has 1 aliphatic heterocycles. The molecule has 0 saturated carbocycles. The van der Waals surface area contributed by atoms with Crippen molar-refractivity contribution in [2.75, 3.05) is 16.4 Å². The van der Waals surface area contributed by atoms with Crippen LogP contribution in [0, 0.1) is 10.5 Å². The maximum Gasteiger partial charge on any atom is 0.343 e. The molecule has 0 aromatic heterocycles. The van der Waals surface area contributed by atoms with Crippen molar-refractivity contribution in [1.29, 1.82) is 0 Å². The maximum atomic E-state index is 14.2. The van der Waals surface area contributed by atoms with Gasteiger partial charge >= 0.3 is 6.03 Å². The smallest absolute Gasteiger partial charge is 0.343 e. The van der Waals surface area contributed by atoms with Crippen molar-refractivity contribution < 1.29 is 23.9 Å². The number of halogens is 2. The normalized spacial score (nSPS) is 14.3. The van der Waals surface area contributed by atoms with Crippen LogP contribution < -0.4 is 19.3 Å². The maximum absolute atomic E-state index is 14.2. The summed E-state index contributed by atoms with van der Waals surface area (Å²) in [4.78, 5) is 44.5. The minimum absolute atomic E-state index is 0.165. The number of rotatable bonds is 8. The molecule has 1 heterocycles. The average Bonchev–Trinajstić information content (AvgIpc) is 3.04. The quantitative estimate of drug-likeness (QED) is 0.0902. The van der Waals surface area contributed by atoms with E-state index in [4.69, 9.17) is 21.1 Å². The average molecular weight is 743 g/mol. The van der Waals surface area contributed by atoms with E-state index < -0.39 is 17.8 Å². The van der Waals surface area contributed by atoms with Gasteiger partial charge in [-0.2, -0.15) is 0 Å². The number of carbonyl (C=O) groups is 3. The summed E-state index contributed by atoms with van der Waals surface area (Å²) in [5.74, 6) is -0.433. The molecule has 0 radical (unpaired) electrons. The number of imide groups is 2. The third kappa shape index (κ3) is 6.23. The second kappa shape index (κ2) is 13.4. The topological polar surface area (TPSA) is 76.2 Å². The molecule has 5 aromatic carbocycles. The number of ether oxygens (including phenoxy) is 2. The molecule has 1 saturated heterocycles. The number of amides is 4. The van der Waals surface area contributed by atoms with Gasteiger partial charge < -0.3 is 9.47 Å². The van der Waals surface area contributed by atoms with Crippen LogP contribution in [0.4, 0.5) is 16.2 Å². The van der Waals surface area contributed by atoms with E-state index in [1.807, 2.05) is 68.4 Å². The number of anilines is 2. The Morgan fingerprint density at radius 1 is 0.804 bits per heavy atom. The van der Waals surface area contributed by atoms with E-state index in [0.29, 0.717) is 45.5 Å². The van der Waals surface area contributed by atoms with Gasteiger partial charge in [0.25, 0.3) is 11.8 Å². The summed E-state index contributed by atoms with van der Waals surface area (Å²) >= 11 is 8.17. The summed E-state index contributed by atoms with van der Waals surface area (Å²) in [6, 6.07) is 30.1. The number of nitrogens with zero attached hydrogens (tertiary/aromatic N) is 2. The lowest BCUT2D eigenvalue weighted by Crippen LogP contribution is -2.57. The fourth-order valence-corrected chi connectivity index (χ4v) is 6.22. The van der Waals surface area contributed by atoms with Crippen LogP contribution in [0.1, 0.15) is 23.6 Å². The first-order chi connectivity index (χ1) is 22.2. The van der Waals surface area contributed by atoms with Gasteiger partial charge in [-0.25, -0.2) is 14.6 Å². The summed E-state index contributed by atoms with van der Waals surface area (Å²) in [5, 5.41) is 2.20. The molecule has 0 atom stereocenters. The van der Waals surface area contributed by atoms with Crippen molar-refractivity contribution in [1.82, 2.24) is 0 Å². The van der Waals surface area contributed by atoms with Crippen LogP contribution in [0.15, 0.2) is 109 Å². The monoisotopic (exact) mass is 742 g/mol. The summed E-state index contributed by atoms with van der Waals surface area (Å²) in [7, 11) is 0. The Balaban J connectivity index is 1.45. The SMILES string of the molecule is CCOc1cc(/C=C2\C(=O)N(c3cccc(C)c3)C(=O)N(c3cccc4ccccc34)C2=O)cc(I)c1OCc1ccc(Cl)cc1. The van der Waals surface area contributed by atoms with Crippen LogP contribution in [0.3, 0.4) is 0 Å². The fourth-order valence-electron chi connectivity index (χ4n) is 5.32. The van der Waals surface area contributed by atoms with Crippen LogP contribution in [0.5, 0.6) is 11.5 Å². The van der Waals surface area contributed by atoms with Crippen LogP contribution in [0.25, 0.3) is 16.8 Å². The van der Waals surface area contributed by atoms with Crippen molar-refractivity contribution in [2.45, 2.75) is 20.5 Å². The Kier molecular flexibility index (Phi) is 9.10. The molecule has 4 amide bonds. The molecule has 0 unspecified atom stereocenters. The lowest BCUT2D eigenvalue weighted by atomic mass is 10.0. The minimum atomic E-state index is -0.746. The molecule has 1 fully saturated rings. The van der Waals surface area contributed by atoms with E-state index in [-0.39, 0.29) is 12.2 Å². The Morgan fingerprint density at radius 2 is 1.52 bits per heavy atom. The van der Waals surface area contributed by atoms with Crippen molar-refractivity contribution in [3.8, 4) is 11.5 Å². The van der Waals surface area contributed by atoms with Crippen molar-refractivity contribution in [3.05, 3.63) is 134 Å². The highest BCUT2D eigenvalue weighted by Gasteiger charge is 2.44. The van der Waals surface area contributed by atoms with Gasteiger partial charge in [-0.15, -0.1) is 0 Å². The van der Waals surface area contributed by atoms with Crippen LogP contribution in [-0.2, 0) is 16.2 Å². The van der Waals surface area contributed by atoms with Crippen LogP contribution >= 0.6 is 34.2 Å². The van der Waals surface area contributed by atoms with Gasteiger partial charge in [-0.05, 0) is 107 Å². The molecule has 9 heteroatoms. The summed E-state index contributed by atoms with van der Waals surface area (Å²) < 4.78 is 12.8. The molecule has 1 aliphatic rings. The first kappa shape index (κ1) is 31.3. The molecule has 6 rings (SSSR count). The lowest BCUT2D eigenvalue weighted by molar-refractivity contribution is -0.121. The minimum Gasteiger partial charge on any atom is -0.490 e. The third-order valence-corrected chi connectivity index (χ3v) is 8.51. The first-order valence-electron chi connectivity index (χ1n) is 14.6. The zero-order valence-electron chi connectivity index (χ0n) is 25.0. The van der Waals surface area contributed by atoms with E-state index in [1.54, 1.807) is 48.5 Å². The van der Waals surface area contributed by atoms with E-state index in [2.05, 4.69) is 22.6 Å². The third-order valence-electron chi connectivity index (χ3n) is 7.46. The van der Waals surface area contributed by atoms with Crippen LogP contribution in [0.2, 0.25) is 5.02 Å². The van der Waals surface area contributed by atoms with E-state index in [1.165, 1.54) is 6.08 Å². The number of carbonyl (C=O) groups excluding carboxylic acids is 3. The van der Waals surface area contributed by atoms with Crippen molar-refractivity contribution >= 4 is 80.3 Å². The highest BCUT2D eigenvalue weighted by molar-refractivity contribution is 14.1. The van der Waals surface area contributed by atoms with Gasteiger partial charge in [-0.3, -0.25) is 9.59 Å². The standard InChI is InChI=1S/C37H28ClIN2O5/c1-3-45-33-21-25(20-31(39)34(33)46-22-24-14-16-27(38)17-15-24)19-30-35(42)40(28-11-6-8-23(2)18-28)37(44)41(36(30)43)32-13-7-10-26-9-4-5-12-29(26)32/h4-21H,3,22H2,1-2H3/b30-19+. The summed E-state index contributed by atoms with van der Waals surface area (Å²) in [6.45, 7) is 4.40. The molecule has 0 N–H and O–H groups in total. The fraction of sp³-hybridized carbons (Fsp3) is 0.108. The van der Waals surface area contributed by atoms with E-state index >= 15 is 0 Å². The van der Waals surface area contributed by atoms with Gasteiger partial charge in [0, 0.05) is 10.4 Å². The van der Waals surface area contributed by atoms with Gasteiger partial charge in [0.15, 0.2) is 11.5 Å². The molecular formula is C37H28ClIN2O5. The first-order valence-corrected chi connectivity index (χ1v) is 16.0. The Bertz CT molecular complexity index is 2020. The number of benzene rings is 5. The lowest BCUT2D eigenvalue weighted by Gasteiger charge is -2.34. The predicted octanol–water partition coefficient (Wildman–Crippen LogP) is 8.97. The van der Waals surface area contributed by atoms with E-state index in [9.17, 15) is 14.4 Å². The Morgan fingerprint density at radius 3 is 2.28 bits per heavy atom. The molecule has 5 aromatic rings. The Hall–Kier alpha value is -4.67. The molecular weight excluding hydrogens is 715 g/mol. The number of urea groups is 1. The van der Waals surface area contributed by atoms with Gasteiger partial charge in [-0.1, -0.05) is 72.3 Å². The van der Waals surface area contributed by atoms with Crippen molar-refractivity contribution in [2.24, 2.45) is 0 Å². The van der Waals surface area contributed by atoms with Gasteiger partial charge in [0.2, 0.25) is 0 Å². The van der Waals surface area contributed by atoms with Crippen molar-refractivity contribution in [3.63, 3.8) is 0 Å². The summed E-state index contributed by atoms with van der Waals surface area (Å²) in [6.07, 6.45) is 1.51. The second-order valence-electron chi connectivity index (χ2n) is 10.6. The molecule has 46 heavy (non-hydrogen) atoms. The summed E-state index contributed by atoms with van der Waals surface area (Å²) in [5.41, 5.74) is 2.93.